The molecule has 0 aliphatic rings. The summed E-state index contributed by atoms with van der Waals surface area (Å²) in [4.78, 5) is 17.8. The Morgan fingerprint density at radius 2 is 1.72 bits per heavy atom. The predicted molar refractivity (Wildman–Crippen MR) is 125 cm³/mol. The first-order valence-electron chi connectivity index (χ1n) is 9.62. The molecule has 9 nitrogen and oxygen atoms in total. The van der Waals surface area contributed by atoms with Crippen molar-refractivity contribution < 1.29 is 9.90 Å². The Morgan fingerprint density at radius 3 is 2.50 bits per heavy atom. The Labute approximate surface area is 188 Å². The standard InChI is InChI=1S/C22H19N7O2S/c1-13(30)14-7-4-5-9-16(14)24-26-18-11-17(19(29(2)3)12-20(18)31)25-27-22-15-8-6-10-23-21(15)28-32-22/h4-12,31H,1-3H3/b26-24+,27-25+. The van der Waals surface area contributed by atoms with Gasteiger partial charge in [0.05, 0.1) is 16.8 Å². The summed E-state index contributed by atoms with van der Waals surface area (Å²) in [5.74, 6) is -0.184. The molecule has 0 unspecified atom stereocenters. The number of fused-ring (bicyclic) bond motifs is 1. The van der Waals surface area contributed by atoms with Crippen molar-refractivity contribution in [3.05, 3.63) is 60.3 Å². The van der Waals surface area contributed by atoms with Crippen LogP contribution in [0.2, 0.25) is 0 Å². The van der Waals surface area contributed by atoms with E-state index < -0.39 is 0 Å². The minimum atomic E-state index is -0.118. The van der Waals surface area contributed by atoms with Crippen LogP contribution in [0.4, 0.5) is 27.8 Å². The Morgan fingerprint density at radius 1 is 0.969 bits per heavy atom. The molecule has 32 heavy (non-hydrogen) atoms. The molecule has 0 fully saturated rings. The number of nitrogens with zero attached hydrogens (tertiary/aromatic N) is 7. The van der Waals surface area contributed by atoms with Crippen molar-refractivity contribution in [1.29, 1.82) is 0 Å². The molecule has 0 atom stereocenters. The largest absolute Gasteiger partial charge is 0.506 e. The number of rotatable bonds is 6. The van der Waals surface area contributed by atoms with Gasteiger partial charge >= 0.3 is 0 Å². The first kappa shape index (κ1) is 21.2. The van der Waals surface area contributed by atoms with Crippen LogP contribution >= 0.6 is 11.5 Å². The van der Waals surface area contributed by atoms with E-state index in [4.69, 9.17) is 0 Å². The maximum absolute atomic E-state index is 11.8. The second kappa shape index (κ2) is 8.98. The lowest BCUT2D eigenvalue weighted by molar-refractivity contribution is 0.101. The summed E-state index contributed by atoms with van der Waals surface area (Å²) in [5.41, 5.74) is 2.84. The highest BCUT2D eigenvalue weighted by atomic mass is 32.1. The van der Waals surface area contributed by atoms with E-state index in [2.05, 4.69) is 29.8 Å². The normalized spacial score (nSPS) is 11.6. The Hall–Kier alpha value is -4.05. The molecule has 2 aromatic carbocycles. The van der Waals surface area contributed by atoms with Gasteiger partial charge in [0.1, 0.15) is 17.1 Å². The topological polar surface area (TPSA) is 116 Å². The van der Waals surface area contributed by atoms with E-state index in [9.17, 15) is 9.90 Å². The number of pyridine rings is 1. The van der Waals surface area contributed by atoms with Gasteiger partial charge in [0.2, 0.25) is 0 Å². The van der Waals surface area contributed by atoms with Crippen LogP contribution in [0.5, 0.6) is 5.75 Å². The molecule has 0 radical (unpaired) electrons. The first-order valence-corrected chi connectivity index (χ1v) is 10.4. The number of hydrogen-bond acceptors (Lipinski definition) is 10. The zero-order valence-corrected chi connectivity index (χ0v) is 18.4. The summed E-state index contributed by atoms with van der Waals surface area (Å²) < 4.78 is 4.27. The molecule has 4 aromatic rings. The highest BCUT2D eigenvalue weighted by Crippen LogP contribution is 2.41. The van der Waals surface area contributed by atoms with Crippen LogP contribution in [0, 0.1) is 0 Å². The van der Waals surface area contributed by atoms with Gasteiger partial charge < -0.3 is 10.0 Å². The molecule has 4 rings (SSSR count). The number of phenols is 1. The molecule has 1 N–H and O–H groups in total. The van der Waals surface area contributed by atoms with Crippen molar-refractivity contribution in [3.8, 4) is 5.75 Å². The van der Waals surface area contributed by atoms with E-state index in [1.807, 2.05) is 31.1 Å². The predicted octanol–water partition coefficient (Wildman–Crippen LogP) is 6.50. The smallest absolute Gasteiger partial charge is 0.175 e. The summed E-state index contributed by atoms with van der Waals surface area (Å²) in [7, 11) is 3.67. The van der Waals surface area contributed by atoms with E-state index in [-0.39, 0.29) is 17.2 Å². The van der Waals surface area contributed by atoms with Gasteiger partial charge in [-0.1, -0.05) is 12.1 Å². The van der Waals surface area contributed by atoms with Gasteiger partial charge in [0, 0.05) is 31.9 Å². The third-order valence-electron chi connectivity index (χ3n) is 4.59. The molecule has 0 aliphatic carbocycles. The number of benzene rings is 2. The van der Waals surface area contributed by atoms with Crippen LogP contribution in [-0.4, -0.2) is 34.3 Å². The molecule has 0 saturated carbocycles. The molecular formula is C22H19N7O2S. The van der Waals surface area contributed by atoms with Crippen molar-refractivity contribution in [3.63, 3.8) is 0 Å². The number of anilines is 1. The minimum Gasteiger partial charge on any atom is -0.506 e. The second-order valence-electron chi connectivity index (χ2n) is 7.06. The fraction of sp³-hybridized carbons (Fsp3) is 0.136. The number of azo groups is 2. The molecule has 2 heterocycles. The van der Waals surface area contributed by atoms with Gasteiger partial charge in [-0.3, -0.25) is 4.79 Å². The van der Waals surface area contributed by atoms with Gasteiger partial charge in [-0.25, -0.2) is 4.98 Å². The quantitative estimate of drug-likeness (QED) is 0.269. The van der Waals surface area contributed by atoms with Crippen molar-refractivity contribution in [1.82, 2.24) is 9.36 Å². The number of aromatic hydroxyl groups is 1. The monoisotopic (exact) mass is 445 g/mol. The van der Waals surface area contributed by atoms with Crippen molar-refractivity contribution in [2.24, 2.45) is 20.5 Å². The summed E-state index contributed by atoms with van der Waals surface area (Å²) >= 11 is 1.21. The van der Waals surface area contributed by atoms with Crippen molar-refractivity contribution >= 4 is 56.1 Å². The second-order valence-corrected chi connectivity index (χ2v) is 7.81. The summed E-state index contributed by atoms with van der Waals surface area (Å²) in [6.45, 7) is 1.47. The third kappa shape index (κ3) is 4.35. The van der Waals surface area contributed by atoms with Gasteiger partial charge in [-0.15, -0.1) is 20.5 Å². The Bertz CT molecular complexity index is 1360. The first-order chi connectivity index (χ1) is 15.4. The van der Waals surface area contributed by atoms with E-state index in [1.165, 1.54) is 18.5 Å². The molecule has 0 bridgehead atoms. The van der Waals surface area contributed by atoms with Crippen LogP contribution in [0.15, 0.2) is 75.2 Å². The number of hydrogen-bond donors (Lipinski definition) is 1. The summed E-state index contributed by atoms with van der Waals surface area (Å²) in [5, 5.41) is 29.0. The summed E-state index contributed by atoms with van der Waals surface area (Å²) in [6, 6.07) is 13.7. The lowest BCUT2D eigenvalue weighted by Gasteiger charge is -2.15. The van der Waals surface area contributed by atoms with Crippen LogP contribution in [0.3, 0.4) is 0 Å². The number of ketones is 1. The summed E-state index contributed by atoms with van der Waals surface area (Å²) in [6.07, 6.45) is 1.68. The van der Waals surface area contributed by atoms with Gasteiger partial charge in [-0.05, 0) is 48.8 Å². The lowest BCUT2D eigenvalue weighted by atomic mass is 10.1. The Balaban J connectivity index is 1.73. The van der Waals surface area contributed by atoms with Gasteiger partial charge in [0.25, 0.3) is 0 Å². The SMILES string of the molecule is CC(=O)c1ccccc1/N=N/c1cc(/N=N/c2snc3ncccc23)c(N(C)C)cc1O. The lowest BCUT2D eigenvalue weighted by Crippen LogP contribution is -2.08. The molecule has 0 amide bonds. The number of carbonyl (C=O) groups is 1. The zero-order chi connectivity index (χ0) is 22.7. The highest BCUT2D eigenvalue weighted by Gasteiger charge is 2.13. The van der Waals surface area contributed by atoms with E-state index >= 15 is 0 Å². The van der Waals surface area contributed by atoms with E-state index in [0.29, 0.717) is 33.3 Å². The maximum Gasteiger partial charge on any atom is 0.175 e. The molecule has 160 valence electrons. The molecular weight excluding hydrogens is 426 g/mol. The van der Waals surface area contributed by atoms with Gasteiger partial charge in [0.15, 0.2) is 16.4 Å². The Kier molecular flexibility index (Phi) is 5.95. The molecule has 2 aromatic heterocycles. The average molecular weight is 446 g/mol. The van der Waals surface area contributed by atoms with Crippen LogP contribution in [-0.2, 0) is 0 Å². The number of carbonyl (C=O) groups excluding carboxylic acids is 1. The third-order valence-corrected chi connectivity index (χ3v) is 5.33. The fourth-order valence-electron chi connectivity index (χ4n) is 2.98. The van der Waals surface area contributed by atoms with E-state index in [1.54, 1.807) is 42.6 Å². The maximum atomic E-state index is 11.8. The number of Topliss-reactive ketones (excluding diaryl/α,β-unsaturated/α-hetero) is 1. The average Bonchev–Trinajstić information content (AvgIpc) is 3.20. The fourth-order valence-corrected chi connectivity index (χ4v) is 3.64. The number of phenolic OH excluding ortho intramolecular Hbond substituents is 1. The zero-order valence-electron chi connectivity index (χ0n) is 17.6. The van der Waals surface area contributed by atoms with Gasteiger partial charge in [-0.2, -0.15) is 4.37 Å². The minimum absolute atomic E-state index is 0.0656. The van der Waals surface area contributed by atoms with Crippen molar-refractivity contribution in [2.75, 3.05) is 19.0 Å². The molecule has 0 saturated heterocycles. The van der Waals surface area contributed by atoms with E-state index in [0.717, 1.165) is 5.39 Å². The van der Waals surface area contributed by atoms with Crippen LogP contribution in [0.1, 0.15) is 17.3 Å². The molecule has 0 spiro atoms. The molecule has 10 heteroatoms. The molecule has 0 aliphatic heterocycles. The number of aromatic nitrogens is 2. The van der Waals surface area contributed by atoms with Crippen molar-refractivity contribution in [2.45, 2.75) is 6.92 Å². The highest BCUT2D eigenvalue weighted by molar-refractivity contribution is 7.11. The van der Waals surface area contributed by atoms with Crippen LogP contribution < -0.4 is 4.90 Å². The van der Waals surface area contributed by atoms with Crippen LogP contribution in [0.25, 0.3) is 11.0 Å².